The molecule has 1 amide bonds. The van der Waals surface area contributed by atoms with Crippen LogP contribution in [0.3, 0.4) is 0 Å². The van der Waals surface area contributed by atoms with E-state index in [0.717, 1.165) is 10.4 Å². The number of aliphatic imine (C=N–C) groups is 1. The van der Waals surface area contributed by atoms with E-state index in [2.05, 4.69) is 15.0 Å². The molecular weight excluding hydrogens is 478 g/mol. The monoisotopic (exact) mass is 501 g/mol. The molecule has 1 atom stereocenters. The average molecular weight is 502 g/mol. The number of guanidine groups is 1. The van der Waals surface area contributed by atoms with Gasteiger partial charge in [-0.25, -0.2) is 18.1 Å². The number of para-hydroxylation sites is 1. The Morgan fingerprint density at radius 3 is 2.35 bits per heavy atom. The van der Waals surface area contributed by atoms with Gasteiger partial charge in [-0.2, -0.15) is 0 Å². The Labute approximate surface area is 200 Å². The fraction of sp³-hybridized carbons (Fsp3) is 0.136. The van der Waals surface area contributed by atoms with E-state index in [1.807, 2.05) is 12.1 Å². The molecule has 7 N–H and O–H groups in total. The van der Waals surface area contributed by atoms with E-state index in [9.17, 15) is 23.1 Å². The van der Waals surface area contributed by atoms with Crippen molar-refractivity contribution in [2.75, 3.05) is 6.54 Å². The third-order valence-corrected chi connectivity index (χ3v) is 7.21. The highest BCUT2D eigenvalue weighted by atomic mass is 32.2. The Morgan fingerprint density at radius 1 is 1.00 bits per heavy atom. The van der Waals surface area contributed by atoms with Crippen LogP contribution < -0.4 is 21.5 Å². The quantitative estimate of drug-likeness (QED) is 0.208. The number of nitrogens with two attached hydrogens (primary N) is 2. The summed E-state index contributed by atoms with van der Waals surface area (Å²) in [5.41, 5.74) is 12.3. The second kappa shape index (κ2) is 10.9. The molecular formula is C22H23N5O5S2. The summed E-state index contributed by atoms with van der Waals surface area (Å²) in [5.74, 6) is -1.76. The highest BCUT2D eigenvalue weighted by molar-refractivity contribution is 7.89. The van der Waals surface area contributed by atoms with Gasteiger partial charge in [-0.3, -0.25) is 9.59 Å². The van der Waals surface area contributed by atoms with Crippen molar-refractivity contribution in [2.24, 2.45) is 16.5 Å². The number of aliphatic carboxylic acids is 1. The molecule has 3 rings (SSSR count). The van der Waals surface area contributed by atoms with Gasteiger partial charge in [0.05, 0.1) is 21.9 Å². The van der Waals surface area contributed by atoms with Gasteiger partial charge in [-0.1, -0.05) is 36.4 Å². The minimum atomic E-state index is -3.96. The number of carboxylic acid groups (broad SMARTS) is 1. The molecule has 0 spiro atoms. The number of rotatable bonds is 10. The first-order valence-corrected chi connectivity index (χ1v) is 12.3. The number of nitrogens with zero attached hydrogens (tertiary/aromatic N) is 1. The first-order valence-electron chi connectivity index (χ1n) is 10.0. The number of carboxylic acids is 1. The van der Waals surface area contributed by atoms with Gasteiger partial charge in [0, 0.05) is 23.0 Å². The Bertz CT molecular complexity index is 1300. The molecule has 1 unspecified atom stereocenters. The Morgan fingerprint density at radius 2 is 1.68 bits per heavy atom. The van der Waals surface area contributed by atoms with E-state index < -0.39 is 34.4 Å². The van der Waals surface area contributed by atoms with E-state index in [1.165, 1.54) is 23.5 Å². The van der Waals surface area contributed by atoms with Crippen LogP contribution in [0.15, 0.2) is 76.6 Å². The number of carbonyl (C=O) groups is 2. The summed E-state index contributed by atoms with van der Waals surface area (Å²) in [6.07, 6.45) is -0.506. The Kier molecular flexibility index (Phi) is 7.99. The SMILES string of the molecule is NC(N)=Nc1ccccc1-c1ccc(C(=O)NCC(CC(=O)O)NS(=O)(=O)c2ccccc2)s1. The average Bonchev–Trinajstić information content (AvgIpc) is 3.27. The summed E-state index contributed by atoms with van der Waals surface area (Å²) in [4.78, 5) is 29.1. The summed E-state index contributed by atoms with van der Waals surface area (Å²) in [6.45, 7) is -0.213. The number of carbonyl (C=O) groups excluding carboxylic acids is 1. The Balaban J connectivity index is 1.72. The smallest absolute Gasteiger partial charge is 0.305 e. The predicted molar refractivity (Wildman–Crippen MR) is 130 cm³/mol. The number of benzene rings is 2. The zero-order valence-corrected chi connectivity index (χ0v) is 19.5. The lowest BCUT2D eigenvalue weighted by molar-refractivity contribution is -0.137. The molecule has 0 aliphatic carbocycles. The first kappa shape index (κ1) is 24.9. The first-order chi connectivity index (χ1) is 16.2. The van der Waals surface area contributed by atoms with Crippen molar-refractivity contribution in [3.05, 3.63) is 71.6 Å². The number of amides is 1. The number of hydrogen-bond donors (Lipinski definition) is 5. The van der Waals surface area contributed by atoms with Gasteiger partial charge in [-0.05, 0) is 30.3 Å². The lowest BCUT2D eigenvalue weighted by Crippen LogP contribution is -2.44. The van der Waals surface area contributed by atoms with Gasteiger partial charge in [0.15, 0.2) is 5.96 Å². The summed E-state index contributed by atoms with van der Waals surface area (Å²) < 4.78 is 27.5. The molecule has 0 fully saturated rings. The highest BCUT2D eigenvalue weighted by Gasteiger charge is 2.23. The fourth-order valence-corrected chi connectivity index (χ4v) is 5.29. The minimum Gasteiger partial charge on any atom is -0.481 e. The maximum Gasteiger partial charge on any atom is 0.305 e. The lowest BCUT2D eigenvalue weighted by Gasteiger charge is -2.17. The van der Waals surface area contributed by atoms with Crippen LogP contribution in [0.1, 0.15) is 16.1 Å². The molecule has 1 heterocycles. The van der Waals surface area contributed by atoms with Crippen LogP contribution in [0.2, 0.25) is 0 Å². The third-order valence-electron chi connectivity index (χ3n) is 4.55. The van der Waals surface area contributed by atoms with Crippen LogP contribution in [0, 0.1) is 0 Å². The van der Waals surface area contributed by atoms with Crippen LogP contribution >= 0.6 is 11.3 Å². The van der Waals surface area contributed by atoms with Crippen LogP contribution in [0.25, 0.3) is 10.4 Å². The van der Waals surface area contributed by atoms with Crippen molar-refractivity contribution in [1.82, 2.24) is 10.0 Å². The van der Waals surface area contributed by atoms with E-state index in [-0.39, 0.29) is 17.4 Å². The maximum atomic E-state index is 12.7. The van der Waals surface area contributed by atoms with Crippen molar-refractivity contribution in [2.45, 2.75) is 17.4 Å². The van der Waals surface area contributed by atoms with Crippen LogP contribution in [-0.2, 0) is 14.8 Å². The van der Waals surface area contributed by atoms with Gasteiger partial charge in [0.25, 0.3) is 5.91 Å². The predicted octanol–water partition coefficient (Wildman–Crippen LogP) is 1.87. The van der Waals surface area contributed by atoms with E-state index in [0.29, 0.717) is 10.6 Å². The lowest BCUT2D eigenvalue weighted by atomic mass is 10.1. The molecule has 0 aliphatic heterocycles. The van der Waals surface area contributed by atoms with Crippen LogP contribution in [0.5, 0.6) is 0 Å². The van der Waals surface area contributed by atoms with Crippen molar-refractivity contribution >= 4 is 44.9 Å². The standard InChI is InChI=1S/C22H23N5O5S2/c23-22(24)26-17-9-5-4-8-16(17)18-10-11-19(33-18)21(30)25-13-14(12-20(28)29)27-34(31,32)15-6-2-1-3-7-15/h1-11,14,27H,12-13H2,(H,25,30)(H,28,29)(H4,23,24,26). The number of sulfonamides is 1. The fourth-order valence-electron chi connectivity index (χ4n) is 3.08. The van der Waals surface area contributed by atoms with E-state index >= 15 is 0 Å². The van der Waals surface area contributed by atoms with Gasteiger partial charge in [0.1, 0.15) is 0 Å². The van der Waals surface area contributed by atoms with Gasteiger partial charge < -0.3 is 21.9 Å². The third kappa shape index (κ3) is 6.63. The zero-order valence-electron chi connectivity index (χ0n) is 17.8. The van der Waals surface area contributed by atoms with Crippen molar-refractivity contribution in [3.8, 4) is 10.4 Å². The molecule has 12 heteroatoms. The molecule has 2 aromatic carbocycles. The van der Waals surface area contributed by atoms with Gasteiger partial charge in [-0.15, -0.1) is 11.3 Å². The minimum absolute atomic E-state index is 0.000876. The van der Waals surface area contributed by atoms with Gasteiger partial charge >= 0.3 is 5.97 Å². The van der Waals surface area contributed by atoms with Crippen LogP contribution in [0.4, 0.5) is 5.69 Å². The summed E-state index contributed by atoms with van der Waals surface area (Å²) >= 11 is 1.19. The van der Waals surface area contributed by atoms with E-state index in [1.54, 1.807) is 42.5 Å². The molecule has 0 saturated heterocycles. The molecule has 0 aliphatic rings. The molecule has 0 radical (unpaired) electrons. The maximum absolute atomic E-state index is 12.7. The van der Waals surface area contributed by atoms with Crippen molar-refractivity contribution in [1.29, 1.82) is 0 Å². The van der Waals surface area contributed by atoms with Gasteiger partial charge in [0.2, 0.25) is 10.0 Å². The second-order valence-corrected chi connectivity index (χ2v) is 9.95. The second-order valence-electron chi connectivity index (χ2n) is 7.16. The number of nitrogens with one attached hydrogen (secondary N) is 2. The molecule has 10 nitrogen and oxygen atoms in total. The summed E-state index contributed by atoms with van der Waals surface area (Å²) in [6, 6.07) is 17.0. The Hall–Kier alpha value is -3.74. The molecule has 34 heavy (non-hydrogen) atoms. The van der Waals surface area contributed by atoms with Crippen molar-refractivity contribution < 1.29 is 23.1 Å². The molecule has 178 valence electrons. The molecule has 1 aromatic heterocycles. The normalized spacial score (nSPS) is 12.0. The molecule has 3 aromatic rings. The van der Waals surface area contributed by atoms with Crippen molar-refractivity contribution in [3.63, 3.8) is 0 Å². The largest absolute Gasteiger partial charge is 0.481 e. The summed E-state index contributed by atoms with van der Waals surface area (Å²) in [5, 5.41) is 11.8. The topological polar surface area (TPSA) is 177 Å². The summed E-state index contributed by atoms with van der Waals surface area (Å²) in [7, 11) is -3.96. The highest BCUT2D eigenvalue weighted by Crippen LogP contribution is 2.35. The molecule has 0 bridgehead atoms. The molecule has 0 saturated carbocycles. The van der Waals surface area contributed by atoms with Crippen LogP contribution in [-0.4, -0.2) is 43.9 Å². The number of thiophene rings is 1. The zero-order chi connectivity index (χ0) is 24.7. The van der Waals surface area contributed by atoms with E-state index in [4.69, 9.17) is 11.5 Å². The number of hydrogen-bond acceptors (Lipinski definition) is 6.